The fourth-order valence-electron chi connectivity index (χ4n) is 2.95. The van der Waals surface area contributed by atoms with Crippen LogP contribution in [0.2, 0.25) is 0 Å². The number of rotatable bonds is 5. The summed E-state index contributed by atoms with van der Waals surface area (Å²) in [5.41, 5.74) is 6.29. The lowest BCUT2D eigenvalue weighted by Crippen LogP contribution is -2.39. The summed E-state index contributed by atoms with van der Waals surface area (Å²) in [5, 5.41) is 10.5. The van der Waals surface area contributed by atoms with E-state index in [0.29, 0.717) is 17.9 Å². The van der Waals surface area contributed by atoms with Gasteiger partial charge in [0.15, 0.2) is 11.6 Å². The summed E-state index contributed by atoms with van der Waals surface area (Å²) in [6.45, 7) is 4.19. The Labute approximate surface area is 125 Å². The smallest absolute Gasteiger partial charge is 0.167 e. The molecule has 0 radical (unpaired) electrons. The first-order valence-corrected chi connectivity index (χ1v) is 7.50. The molecule has 1 saturated carbocycles. The molecular weight excluding hydrogens is 271 g/mol. The summed E-state index contributed by atoms with van der Waals surface area (Å²) in [6.07, 6.45) is 3.58. The summed E-state index contributed by atoms with van der Waals surface area (Å²) < 4.78 is 19.3. The van der Waals surface area contributed by atoms with Gasteiger partial charge in [0.1, 0.15) is 0 Å². The van der Waals surface area contributed by atoms with Crippen molar-refractivity contribution in [1.29, 1.82) is 0 Å². The molecule has 118 valence electrons. The number of halogens is 1. The molecule has 1 aliphatic rings. The van der Waals surface area contributed by atoms with Crippen LogP contribution in [0, 0.1) is 5.82 Å². The van der Waals surface area contributed by atoms with Crippen LogP contribution in [0.1, 0.15) is 39.5 Å². The summed E-state index contributed by atoms with van der Waals surface area (Å²) in [4.78, 5) is 1.88. The Balaban J connectivity index is 2.21. The zero-order valence-corrected chi connectivity index (χ0v) is 13.0. The van der Waals surface area contributed by atoms with Gasteiger partial charge in [-0.3, -0.25) is 0 Å². The van der Waals surface area contributed by atoms with E-state index in [1.807, 2.05) is 25.8 Å². The molecule has 0 amide bonds. The fraction of sp³-hybridized carbons (Fsp3) is 0.625. The number of nitrogens with zero attached hydrogens (tertiary/aromatic N) is 1. The molecule has 0 aromatic heterocycles. The molecule has 5 heteroatoms. The van der Waals surface area contributed by atoms with Crippen molar-refractivity contribution in [3.63, 3.8) is 0 Å². The van der Waals surface area contributed by atoms with Gasteiger partial charge < -0.3 is 20.5 Å². The quantitative estimate of drug-likeness (QED) is 0.820. The molecule has 4 nitrogen and oxygen atoms in total. The van der Waals surface area contributed by atoms with Crippen LogP contribution in [-0.4, -0.2) is 30.4 Å². The van der Waals surface area contributed by atoms with Gasteiger partial charge in [-0.1, -0.05) is 12.8 Å². The van der Waals surface area contributed by atoms with E-state index in [1.54, 1.807) is 6.07 Å². The normalized spacial score (nSPS) is 17.2. The minimum absolute atomic E-state index is 0.111. The van der Waals surface area contributed by atoms with Gasteiger partial charge in [0.05, 0.1) is 23.1 Å². The molecular formula is C16H25FN2O2. The van der Waals surface area contributed by atoms with Crippen molar-refractivity contribution in [2.75, 3.05) is 24.2 Å². The Morgan fingerprint density at radius 1 is 1.38 bits per heavy atom. The summed E-state index contributed by atoms with van der Waals surface area (Å²) >= 11 is 0. The maximum absolute atomic E-state index is 13.9. The van der Waals surface area contributed by atoms with Crippen molar-refractivity contribution in [2.45, 2.75) is 51.2 Å². The topological polar surface area (TPSA) is 58.7 Å². The largest absolute Gasteiger partial charge is 0.488 e. The molecule has 2 rings (SSSR count). The third-order valence-corrected chi connectivity index (χ3v) is 3.92. The summed E-state index contributed by atoms with van der Waals surface area (Å²) in [5.74, 6) is -0.266. The number of likely N-dealkylation sites (N-methyl/N-ethyl adjacent to an activating group) is 1. The highest BCUT2D eigenvalue weighted by molar-refractivity contribution is 5.69. The van der Waals surface area contributed by atoms with E-state index in [9.17, 15) is 9.50 Å². The first-order chi connectivity index (χ1) is 9.81. The molecule has 3 N–H and O–H groups in total. The van der Waals surface area contributed by atoms with Crippen LogP contribution in [0.3, 0.4) is 0 Å². The minimum atomic E-state index is -0.672. The van der Waals surface area contributed by atoms with Crippen molar-refractivity contribution in [3.05, 3.63) is 17.9 Å². The number of ether oxygens (including phenoxy) is 1. The van der Waals surface area contributed by atoms with Crippen LogP contribution < -0.4 is 15.4 Å². The van der Waals surface area contributed by atoms with Crippen LogP contribution in [0.5, 0.6) is 5.75 Å². The van der Waals surface area contributed by atoms with E-state index in [4.69, 9.17) is 10.5 Å². The van der Waals surface area contributed by atoms with Gasteiger partial charge in [-0.05, 0) is 26.7 Å². The fourth-order valence-corrected chi connectivity index (χ4v) is 2.95. The molecule has 0 saturated heterocycles. The lowest BCUT2D eigenvalue weighted by atomic mass is 10.0. The first-order valence-electron chi connectivity index (χ1n) is 7.50. The van der Waals surface area contributed by atoms with Crippen LogP contribution in [0.25, 0.3) is 0 Å². The number of nitrogen functional groups attached to an aromatic ring is 1. The SMILES string of the molecule is CC(C)Oc1cc(N(C)CC2(O)CCCC2)c(N)cc1F. The molecule has 1 aromatic carbocycles. The zero-order chi connectivity index (χ0) is 15.6. The van der Waals surface area contributed by atoms with Crippen molar-refractivity contribution >= 4 is 11.4 Å². The van der Waals surface area contributed by atoms with E-state index >= 15 is 0 Å². The van der Waals surface area contributed by atoms with E-state index in [1.165, 1.54) is 6.07 Å². The monoisotopic (exact) mass is 296 g/mol. The Bertz CT molecular complexity index is 499. The lowest BCUT2D eigenvalue weighted by Gasteiger charge is -2.31. The second kappa shape index (κ2) is 6.10. The van der Waals surface area contributed by atoms with E-state index in [-0.39, 0.29) is 11.9 Å². The maximum atomic E-state index is 13.9. The Morgan fingerprint density at radius 2 is 2.00 bits per heavy atom. The van der Waals surface area contributed by atoms with Gasteiger partial charge in [0.2, 0.25) is 0 Å². The molecule has 0 spiro atoms. The standard InChI is InChI=1S/C16H25FN2O2/c1-11(2)21-15-9-14(13(18)8-12(15)17)19(3)10-16(20)6-4-5-7-16/h8-9,11,20H,4-7,10,18H2,1-3H3. The van der Waals surface area contributed by atoms with E-state index < -0.39 is 11.4 Å². The molecule has 21 heavy (non-hydrogen) atoms. The molecule has 0 heterocycles. The number of hydrogen-bond acceptors (Lipinski definition) is 4. The van der Waals surface area contributed by atoms with E-state index in [0.717, 1.165) is 25.7 Å². The summed E-state index contributed by atoms with van der Waals surface area (Å²) in [6, 6.07) is 2.89. The molecule has 1 aliphatic carbocycles. The number of hydrogen-bond donors (Lipinski definition) is 2. The average Bonchev–Trinajstić information content (AvgIpc) is 2.78. The summed E-state index contributed by atoms with van der Waals surface area (Å²) in [7, 11) is 1.86. The van der Waals surface area contributed by atoms with Crippen LogP contribution in [0.15, 0.2) is 12.1 Å². The highest BCUT2D eigenvalue weighted by Crippen LogP contribution is 2.35. The minimum Gasteiger partial charge on any atom is -0.488 e. The molecule has 0 bridgehead atoms. The van der Waals surface area contributed by atoms with E-state index in [2.05, 4.69) is 0 Å². The zero-order valence-electron chi connectivity index (χ0n) is 13.0. The predicted molar refractivity (Wildman–Crippen MR) is 83.3 cm³/mol. The third-order valence-electron chi connectivity index (χ3n) is 3.92. The maximum Gasteiger partial charge on any atom is 0.167 e. The predicted octanol–water partition coefficient (Wildman–Crippen LogP) is 2.94. The number of nitrogens with two attached hydrogens (primary N) is 1. The van der Waals surface area contributed by atoms with Crippen LogP contribution in [0.4, 0.5) is 15.8 Å². The van der Waals surface area contributed by atoms with Gasteiger partial charge in [0.25, 0.3) is 0 Å². The van der Waals surface area contributed by atoms with Gasteiger partial charge in [-0.15, -0.1) is 0 Å². The van der Waals surface area contributed by atoms with Crippen molar-refractivity contribution in [1.82, 2.24) is 0 Å². The second-order valence-corrected chi connectivity index (χ2v) is 6.30. The number of aliphatic hydroxyl groups is 1. The Morgan fingerprint density at radius 3 is 2.57 bits per heavy atom. The van der Waals surface area contributed by atoms with Crippen LogP contribution in [-0.2, 0) is 0 Å². The Kier molecular flexibility index (Phi) is 4.61. The molecule has 0 aliphatic heterocycles. The van der Waals surface area contributed by atoms with Crippen molar-refractivity contribution in [2.24, 2.45) is 0 Å². The van der Waals surface area contributed by atoms with Crippen molar-refractivity contribution < 1.29 is 14.2 Å². The lowest BCUT2D eigenvalue weighted by molar-refractivity contribution is 0.0559. The van der Waals surface area contributed by atoms with Crippen molar-refractivity contribution in [3.8, 4) is 5.75 Å². The highest BCUT2D eigenvalue weighted by Gasteiger charge is 2.32. The van der Waals surface area contributed by atoms with Gasteiger partial charge in [0, 0.05) is 25.7 Å². The third kappa shape index (κ3) is 3.79. The Hall–Kier alpha value is -1.49. The molecule has 0 unspecified atom stereocenters. The highest BCUT2D eigenvalue weighted by atomic mass is 19.1. The van der Waals surface area contributed by atoms with Gasteiger partial charge in [-0.25, -0.2) is 4.39 Å². The molecule has 1 fully saturated rings. The van der Waals surface area contributed by atoms with Gasteiger partial charge >= 0.3 is 0 Å². The second-order valence-electron chi connectivity index (χ2n) is 6.30. The first kappa shape index (κ1) is 15.9. The van der Waals surface area contributed by atoms with Crippen LogP contribution >= 0.6 is 0 Å². The number of benzene rings is 1. The molecule has 1 aromatic rings. The molecule has 0 atom stereocenters. The number of anilines is 2. The average molecular weight is 296 g/mol. The van der Waals surface area contributed by atoms with Gasteiger partial charge in [-0.2, -0.15) is 0 Å².